The first-order valence-electron chi connectivity index (χ1n) is 13.6. The number of amides is 2. The number of carbonyl (C=O) groups is 2. The minimum Gasteiger partial charge on any atom is -0.444 e. The van der Waals surface area contributed by atoms with Gasteiger partial charge in [0, 0.05) is 50.7 Å². The Hall–Kier alpha value is -3.13. The fourth-order valence-electron chi connectivity index (χ4n) is 6.46. The third kappa shape index (κ3) is 5.23. The third-order valence-electron chi connectivity index (χ3n) is 8.33. The molecule has 0 radical (unpaired) electrons. The fourth-order valence-corrected chi connectivity index (χ4v) is 6.46. The topological polar surface area (TPSA) is 83.3 Å². The van der Waals surface area contributed by atoms with Crippen LogP contribution in [0.4, 0.5) is 4.79 Å². The molecule has 8 heteroatoms. The van der Waals surface area contributed by atoms with Gasteiger partial charge in [0.05, 0.1) is 5.56 Å². The van der Waals surface area contributed by atoms with E-state index >= 15 is 0 Å². The van der Waals surface area contributed by atoms with Crippen molar-refractivity contribution in [2.75, 3.05) is 45.8 Å². The van der Waals surface area contributed by atoms with Gasteiger partial charge in [-0.3, -0.25) is 4.79 Å². The van der Waals surface area contributed by atoms with Crippen LogP contribution in [0.2, 0.25) is 0 Å². The minimum absolute atomic E-state index is 0.0376. The molecule has 1 aromatic heterocycles. The van der Waals surface area contributed by atoms with E-state index in [1.807, 2.05) is 36.6 Å². The van der Waals surface area contributed by atoms with Gasteiger partial charge in [-0.25, -0.2) is 9.59 Å². The average Bonchev–Trinajstić information content (AvgIpc) is 3.36. The second-order valence-electron chi connectivity index (χ2n) is 12.4. The van der Waals surface area contributed by atoms with Crippen LogP contribution in [-0.2, 0) is 10.2 Å². The Labute approximate surface area is 224 Å². The van der Waals surface area contributed by atoms with E-state index in [-0.39, 0.29) is 17.4 Å². The molecular formula is C30H39N3O5. The summed E-state index contributed by atoms with van der Waals surface area (Å²) in [6.07, 6.45) is 0.729. The Morgan fingerprint density at radius 2 is 1.63 bits per heavy atom. The highest BCUT2D eigenvalue weighted by Gasteiger charge is 2.48. The van der Waals surface area contributed by atoms with Crippen molar-refractivity contribution in [3.63, 3.8) is 0 Å². The number of likely N-dealkylation sites (tertiary alicyclic amines) is 3. The van der Waals surface area contributed by atoms with E-state index in [9.17, 15) is 14.4 Å². The van der Waals surface area contributed by atoms with E-state index in [1.54, 1.807) is 13.8 Å². The van der Waals surface area contributed by atoms with Gasteiger partial charge in [-0.1, -0.05) is 30.3 Å². The van der Waals surface area contributed by atoms with Gasteiger partial charge in [0.2, 0.25) is 0 Å². The lowest BCUT2D eigenvalue weighted by atomic mass is 9.71. The van der Waals surface area contributed by atoms with Crippen molar-refractivity contribution in [1.29, 1.82) is 0 Å². The summed E-state index contributed by atoms with van der Waals surface area (Å²) >= 11 is 0. The minimum atomic E-state index is -0.504. The Morgan fingerprint density at radius 1 is 1.00 bits per heavy atom. The highest BCUT2D eigenvalue weighted by atomic mass is 16.6. The van der Waals surface area contributed by atoms with Crippen LogP contribution in [0.15, 0.2) is 45.6 Å². The summed E-state index contributed by atoms with van der Waals surface area (Å²) in [6.45, 7) is 14.9. The van der Waals surface area contributed by atoms with Gasteiger partial charge in [-0.2, -0.15) is 0 Å². The van der Waals surface area contributed by atoms with Gasteiger partial charge in [-0.05, 0) is 70.5 Å². The lowest BCUT2D eigenvalue weighted by Gasteiger charge is -2.51. The van der Waals surface area contributed by atoms with Crippen LogP contribution < -0.4 is 5.63 Å². The number of rotatable bonds is 5. The Balaban J connectivity index is 1.19. The maximum Gasteiger partial charge on any atom is 0.410 e. The summed E-state index contributed by atoms with van der Waals surface area (Å²) < 4.78 is 10.8. The van der Waals surface area contributed by atoms with Crippen molar-refractivity contribution in [3.05, 3.63) is 69.3 Å². The zero-order chi connectivity index (χ0) is 27.2. The zero-order valence-corrected chi connectivity index (χ0v) is 23.2. The van der Waals surface area contributed by atoms with E-state index < -0.39 is 11.2 Å². The molecule has 3 aliphatic rings. The first kappa shape index (κ1) is 26.5. The molecule has 8 nitrogen and oxygen atoms in total. The number of aryl methyl sites for hydroxylation is 2. The SMILES string of the molecule is Cc1cc(=O)oc(C)c1C(=O)N1CC2CN(CCC3(c4ccccc4)CN(C(=O)OC(C)(C)C)C3)CC2C1. The summed E-state index contributed by atoms with van der Waals surface area (Å²) in [7, 11) is 0. The second-order valence-corrected chi connectivity index (χ2v) is 12.4. The molecule has 0 saturated carbocycles. The molecule has 204 valence electrons. The molecule has 4 heterocycles. The molecule has 2 unspecified atom stereocenters. The molecule has 2 amide bonds. The van der Waals surface area contributed by atoms with E-state index in [0.29, 0.717) is 41.8 Å². The normalized spacial score (nSPS) is 22.8. The number of hydrogen-bond donors (Lipinski definition) is 0. The molecule has 3 aliphatic heterocycles. The molecule has 2 atom stereocenters. The molecule has 38 heavy (non-hydrogen) atoms. The van der Waals surface area contributed by atoms with Crippen molar-refractivity contribution < 1.29 is 18.7 Å². The predicted molar refractivity (Wildman–Crippen MR) is 144 cm³/mol. The van der Waals surface area contributed by atoms with Gasteiger partial charge < -0.3 is 23.9 Å². The summed E-state index contributed by atoms with van der Waals surface area (Å²) in [5.74, 6) is 1.25. The van der Waals surface area contributed by atoms with E-state index in [0.717, 1.165) is 39.1 Å². The summed E-state index contributed by atoms with van der Waals surface area (Å²) in [5, 5.41) is 0. The molecule has 3 fully saturated rings. The van der Waals surface area contributed by atoms with Crippen molar-refractivity contribution in [3.8, 4) is 0 Å². The monoisotopic (exact) mass is 521 g/mol. The molecule has 0 N–H and O–H groups in total. The lowest BCUT2D eigenvalue weighted by molar-refractivity contribution is -0.0134. The fraction of sp³-hybridized carbons (Fsp3) is 0.567. The van der Waals surface area contributed by atoms with E-state index in [4.69, 9.17) is 9.15 Å². The molecule has 5 rings (SSSR count). The van der Waals surface area contributed by atoms with Gasteiger partial charge >= 0.3 is 11.7 Å². The van der Waals surface area contributed by atoms with Crippen LogP contribution >= 0.6 is 0 Å². The van der Waals surface area contributed by atoms with Gasteiger partial charge in [0.1, 0.15) is 11.4 Å². The molecule has 0 spiro atoms. The van der Waals surface area contributed by atoms with Crippen molar-refractivity contribution in [2.45, 2.75) is 52.1 Å². The number of benzene rings is 1. The number of fused-ring (bicyclic) bond motifs is 1. The number of hydrogen-bond acceptors (Lipinski definition) is 6. The van der Waals surface area contributed by atoms with Crippen LogP contribution in [0.5, 0.6) is 0 Å². The van der Waals surface area contributed by atoms with Crippen LogP contribution in [-0.4, -0.2) is 78.1 Å². The van der Waals surface area contributed by atoms with Gasteiger partial charge in [-0.15, -0.1) is 0 Å². The quantitative estimate of drug-likeness (QED) is 0.595. The van der Waals surface area contributed by atoms with Gasteiger partial charge in [0.25, 0.3) is 5.91 Å². The summed E-state index contributed by atoms with van der Waals surface area (Å²) in [5.41, 5.74) is 1.48. The second kappa shape index (κ2) is 9.88. The molecule has 3 saturated heterocycles. The molecule has 2 aromatic rings. The van der Waals surface area contributed by atoms with Crippen LogP contribution in [0.1, 0.15) is 54.4 Å². The van der Waals surface area contributed by atoms with E-state index in [1.165, 1.54) is 11.6 Å². The highest BCUT2D eigenvalue weighted by molar-refractivity contribution is 5.96. The molecule has 0 aliphatic carbocycles. The lowest BCUT2D eigenvalue weighted by Crippen LogP contribution is -2.62. The smallest absolute Gasteiger partial charge is 0.410 e. The summed E-state index contributed by atoms with van der Waals surface area (Å²) in [6, 6.07) is 11.9. The van der Waals surface area contributed by atoms with Crippen molar-refractivity contribution in [2.24, 2.45) is 11.8 Å². The van der Waals surface area contributed by atoms with Crippen LogP contribution in [0.3, 0.4) is 0 Å². The average molecular weight is 522 g/mol. The van der Waals surface area contributed by atoms with Crippen LogP contribution in [0, 0.1) is 25.7 Å². The Morgan fingerprint density at radius 3 is 2.21 bits per heavy atom. The molecule has 0 bridgehead atoms. The Kier molecular flexibility index (Phi) is 6.88. The standard InChI is InChI=1S/C30H39N3O5/c1-20-13-25(34)37-21(2)26(20)27(35)32-16-22-14-31(15-23(22)17-32)12-11-30(24-9-7-6-8-10-24)18-33(19-30)28(36)38-29(3,4)5/h6-10,13,22-23H,11-12,14-19H2,1-5H3. The third-order valence-corrected chi connectivity index (χ3v) is 8.33. The largest absolute Gasteiger partial charge is 0.444 e. The Bertz CT molecular complexity index is 1220. The maximum absolute atomic E-state index is 13.3. The number of nitrogens with zero attached hydrogens (tertiary/aromatic N) is 3. The van der Waals surface area contributed by atoms with E-state index in [2.05, 4.69) is 29.2 Å². The highest BCUT2D eigenvalue weighted by Crippen LogP contribution is 2.40. The number of ether oxygens (including phenoxy) is 1. The molecular weight excluding hydrogens is 482 g/mol. The first-order chi connectivity index (χ1) is 17.9. The first-order valence-corrected chi connectivity index (χ1v) is 13.6. The predicted octanol–water partition coefficient (Wildman–Crippen LogP) is 3.84. The summed E-state index contributed by atoms with van der Waals surface area (Å²) in [4.78, 5) is 43.8. The molecule has 1 aromatic carbocycles. The number of carbonyl (C=O) groups excluding carboxylic acids is 2. The maximum atomic E-state index is 13.3. The van der Waals surface area contributed by atoms with Crippen LogP contribution in [0.25, 0.3) is 0 Å². The van der Waals surface area contributed by atoms with Crippen molar-refractivity contribution >= 4 is 12.0 Å². The zero-order valence-electron chi connectivity index (χ0n) is 23.2. The van der Waals surface area contributed by atoms with Gasteiger partial charge in [0.15, 0.2) is 0 Å². The van der Waals surface area contributed by atoms with Crippen molar-refractivity contribution in [1.82, 2.24) is 14.7 Å².